The van der Waals surface area contributed by atoms with Gasteiger partial charge in [0, 0.05) is 11.1 Å². The second-order valence-electron chi connectivity index (χ2n) is 7.96. The third-order valence-electron chi connectivity index (χ3n) is 5.60. The molecule has 0 aliphatic heterocycles. The minimum absolute atomic E-state index is 0.0481. The van der Waals surface area contributed by atoms with Gasteiger partial charge >= 0.3 is 5.97 Å². The zero-order valence-corrected chi connectivity index (χ0v) is 18.9. The fourth-order valence-electron chi connectivity index (χ4n) is 3.87. The zero-order chi connectivity index (χ0) is 21.7. The second kappa shape index (κ2) is 10.3. The molecule has 8 heteroatoms. The summed E-state index contributed by atoms with van der Waals surface area (Å²) in [5.41, 5.74) is 1.68. The lowest BCUT2D eigenvalue weighted by Crippen LogP contribution is -2.42. The molecule has 3 N–H and O–H groups in total. The number of carbonyl (C=O) groups is 2. The number of halogens is 1. The Morgan fingerprint density at radius 3 is 2.73 bits per heavy atom. The number of aliphatic carboxylic acids is 1. The van der Waals surface area contributed by atoms with Gasteiger partial charge in [0.15, 0.2) is 0 Å². The molecule has 1 fully saturated rings. The lowest BCUT2D eigenvalue weighted by atomic mass is 9.85. The average Bonchev–Trinajstić information content (AvgIpc) is 3.21. The first-order valence-corrected chi connectivity index (χ1v) is 11.5. The van der Waals surface area contributed by atoms with Gasteiger partial charge in [0.05, 0.1) is 27.3 Å². The number of rotatable bonds is 8. The molecule has 1 saturated carbocycles. The predicted octanol–water partition coefficient (Wildman–Crippen LogP) is 5.43. The maximum Gasteiger partial charge on any atom is 0.326 e. The number of carboxylic acids is 1. The third-order valence-corrected chi connectivity index (χ3v) is 7.07. The molecular formula is C22H28ClN3O3S. The Kier molecular flexibility index (Phi) is 7.72. The lowest BCUT2D eigenvalue weighted by Gasteiger charge is -2.24. The maximum atomic E-state index is 12.7. The summed E-state index contributed by atoms with van der Waals surface area (Å²) in [6.07, 6.45) is 7.70. The minimum atomic E-state index is -0.968. The van der Waals surface area contributed by atoms with E-state index in [9.17, 15) is 14.7 Å². The van der Waals surface area contributed by atoms with E-state index in [1.165, 1.54) is 17.8 Å². The number of hydrogen-bond donors (Lipinski definition) is 3. The van der Waals surface area contributed by atoms with E-state index in [1.807, 2.05) is 26.0 Å². The number of thiophene rings is 1. The highest BCUT2D eigenvalue weighted by molar-refractivity contribution is 7.14. The summed E-state index contributed by atoms with van der Waals surface area (Å²) in [4.78, 5) is 30.1. The number of aryl methyl sites for hydroxylation is 1. The summed E-state index contributed by atoms with van der Waals surface area (Å²) in [5.74, 6) is -0.926. The molecular weight excluding hydrogens is 422 g/mol. The van der Waals surface area contributed by atoms with E-state index in [1.54, 1.807) is 12.3 Å². The summed E-state index contributed by atoms with van der Waals surface area (Å²) in [6, 6.07) is 4.57. The van der Waals surface area contributed by atoms with Crippen LogP contribution in [0.15, 0.2) is 24.4 Å². The van der Waals surface area contributed by atoms with E-state index in [0.29, 0.717) is 22.2 Å². The van der Waals surface area contributed by atoms with Crippen molar-refractivity contribution in [2.45, 2.75) is 64.5 Å². The molecule has 3 rings (SSSR count). The molecule has 1 aliphatic rings. The van der Waals surface area contributed by atoms with Gasteiger partial charge in [0.2, 0.25) is 0 Å². The number of carbonyl (C=O) groups excluding carboxylic acids is 1. The van der Waals surface area contributed by atoms with Crippen LogP contribution >= 0.6 is 22.9 Å². The van der Waals surface area contributed by atoms with Gasteiger partial charge in [0.25, 0.3) is 5.91 Å². The van der Waals surface area contributed by atoms with Gasteiger partial charge in [-0.15, -0.1) is 11.3 Å². The fourth-order valence-corrected chi connectivity index (χ4v) is 4.94. The first kappa shape index (κ1) is 22.6. The van der Waals surface area contributed by atoms with Gasteiger partial charge in [-0.05, 0) is 44.4 Å². The highest BCUT2D eigenvalue weighted by atomic mass is 35.5. The largest absolute Gasteiger partial charge is 0.480 e. The van der Waals surface area contributed by atoms with Gasteiger partial charge in [-0.2, -0.15) is 0 Å². The van der Waals surface area contributed by atoms with Crippen molar-refractivity contribution in [2.24, 2.45) is 5.92 Å². The van der Waals surface area contributed by atoms with Crippen LogP contribution in [0, 0.1) is 12.8 Å². The van der Waals surface area contributed by atoms with Crippen molar-refractivity contribution in [1.82, 2.24) is 10.3 Å². The van der Waals surface area contributed by atoms with E-state index in [2.05, 4.69) is 15.6 Å². The number of amides is 1. The van der Waals surface area contributed by atoms with Crippen LogP contribution in [-0.4, -0.2) is 28.0 Å². The zero-order valence-electron chi connectivity index (χ0n) is 17.3. The molecule has 2 atom stereocenters. The predicted molar refractivity (Wildman–Crippen MR) is 120 cm³/mol. The smallest absolute Gasteiger partial charge is 0.326 e. The van der Waals surface area contributed by atoms with Crippen LogP contribution in [0.2, 0.25) is 5.02 Å². The number of anilines is 1. The number of nitrogens with zero attached hydrogens (tertiary/aromatic N) is 1. The summed E-state index contributed by atoms with van der Waals surface area (Å²) in [6.45, 7) is 3.90. The molecule has 0 radical (unpaired) electrons. The minimum Gasteiger partial charge on any atom is -0.480 e. The monoisotopic (exact) mass is 449 g/mol. The summed E-state index contributed by atoms with van der Waals surface area (Å²) >= 11 is 7.39. The van der Waals surface area contributed by atoms with Crippen LogP contribution in [0.5, 0.6) is 0 Å². The SMILES string of the molecule is Cc1ncc(Cl)cc1NC(C)c1ccc(C(=O)NC(CC2CCCCC2)C(=O)O)s1. The van der Waals surface area contributed by atoms with Gasteiger partial charge in [-0.3, -0.25) is 9.78 Å². The Hall–Kier alpha value is -2.12. The molecule has 30 heavy (non-hydrogen) atoms. The normalized spacial score (nSPS) is 16.6. The maximum absolute atomic E-state index is 12.7. The lowest BCUT2D eigenvalue weighted by molar-refractivity contribution is -0.139. The Bertz CT molecular complexity index is 896. The molecule has 6 nitrogen and oxygen atoms in total. The molecule has 2 heterocycles. The second-order valence-corrected chi connectivity index (χ2v) is 9.51. The number of carboxylic acid groups (broad SMARTS) is 1. The Labute approximate surface area is 186 Å². The number of nitrogens with one attached hydrogen (secondary N) is 2. The van der Waals surface area contributed by atoms with Gasteiger partial charge in [-0.25, -0.2) is 4.79 Å². The highest BCUT2D eigenvalue weighted by Crippen LogP contribution is 2.29. The molecule has 0 saturated heterocycles. The number of hydrogen-bond acceptors (Lipinski definition) is 5. The quantitative estimate of drug-likeness (QED) is 0.499. The van der Waals surface area contributed by atoms with Crippen molar-refractivity contribution in [3.8, 4) is 0 Å². The van der Waals surface area contributed by atoms with Crippen LogP contribution in [-0.2, 0) is 4.79 Å². The topological polar surface area (TPSA) is 91.3 Å². The standard InChI is InChI=1S/C22H28ClN3O3S/c1-13-17(11-16(23)12-24-13)25-14(2)19-8-9-20(30-19)21(27)26-18(22(28)29)10-15-6-4-3-5-7-15/h8-9,11-12,14-15,18,25H,3-7,10H2,1-2H3,(H,26,27)(H,28,29). The number of aromatic nitrogens is 1. The van der Waals surface area contributed by atoms with Gasteiger partial charge in [0.1, 0.15) is 6.04 Å². The Balaban J connectivity index is 1.62. The molecule has 0 aromatic carbocycles. The fraction of sp³-hybridized carbons (Fsp3) is 0.500. The molecule has 1 aliphatic carbocycles. The van der Waals surface area contributed by atoms with Crippen molar-refractivity contribution in [2.75, 3.05) is 5.32 Å². The van der Waals surface area contributed by atoms with Crippen LogP contribution in [0.25, 0.3) is 0 Å². The van der Waals surface area contributed by atoms with Crippen LogP contribution < -0.4 is 10.6 Å². The average molecular weight is 450 g/mol. The molecule has 0 spiro atoms. The van der Waals surface area contributed by atoms with Crippen molar-refractivity contribution in [1.29, 1.82) is 0 Å². The molecule has 2 aromatic heterocycles. The summed E-state index contributed by atoms with van der Waals surface area (Å²) < 4.78 is 0. The van der Waals surface area contributed by atoms with E-state index < -0.39 is 12.0 Å². The molecule has 162 valence electrons. The van der Waals surface area contributed by atoms with E-state index in [4.69, 9.17) is 11.6 Å². The van der Waals surface area contributed by atoms with Crippen LogP contribution in [0.4, 0.5) is 5.69 Å². The summed E-state index contributed by atoms with van der Waals surface area (Å²) in [5, 5.41) is 16.2. The molecule has 2 unspecified atom stereocenters. The van der Waals surface area contributed by atoms with Gasteiger partial charge in [-0.1, -0.05) is 43.7 Å². The molecule has 1 amide bonds. The summed E-state index contributed by atoms with van der Waals surface area (Å²) in [7, 11) is 0. The first-order chi connectivity index (χ1) is 14.3. The third kappa shape index (κ3) is 5.95. The van der Waals surface area contributed by atoms with E-state index in [0.717, 1.165) is 41.9 Å². The Morgan fingerprint density at radius 2 is 2.03 bits per heavy atom. The number of pyridine rings is 1. The van der Waals surface area contributed by atoms with Crippen molar-refractivity contribution in [3.63, 3.8) is 0 Å². The van der Waals surface area contributed by atoms with E-state index >= 15 is 0 Å². The van der Waals surface area contributed by atoms with Gasteiger partial charge < -0.3 is 15.7 Å². The molecule has 2 aromatic rings. The van der Waals surface area contributed by atoms with E-state index in [-0.39, 0.29) is 11.9 Å². The van der Waals surface area contributed by atoms with Crippen LogP contribution in [0.1, 0.15) is 71.7 Å². The van der Waals surface area contributed by atoms with Crippen molar-refractivity contribution >= 4 is 40.5 Å². The highest BCUT2D eigenvalue weighted by Gasteiger charge is 2.26. The van der Waals surface area contributed by atoms with Crippen molar-refractivity contribution < 1.29 is 14.7 Å². The Morgan fingerprint density at radius 1 is 1.30 bits per heavy atom. The van der Waals surface area contributed by atoms with Crippen molar-refractivity contribution in [3.05, 3.63) is 44.9 Å². The van der Waals surface area contributed by atoms with Crippen LogP contribution in [0.3, 0.4) is 0 Å². The molecule has 0 bridgehead atoms. The first-order valence-electron chi connectivity index (χ1n) is 10.4.